The minimum absolute atomic E-state index is 0.357. The zero-order valence-corrected chi connectivity index (χ0v) is 8.21. The average molecular weight is 171 g/mol. The molecule has 0 aromatic carbocycles. The van der Waals surface area contributed by atoms with Crippen LogP contribution in [0.5, 0.6) is 0 Å². The van der Waals surface area contributed by atoms with Crippen molar-refractivity contribution in [2.45, 2.75) is 39.2 Å². The van der Waals surface area contributed by atoms with Gasteiger partial charge in [0.15, 0.2) is 0 Å². The quantitative estimate of drug-likeness (QED) is 0.670. The van der Waals surface area contributed by atoms with Gasteiger partial charge in [0.1, 0.15) is 0 Å². The first-order valence-corrected chi connectivity index (χ1v) is 5.08. The molecule has 1 saturated heterocycles. The van der Waals surface area contributed by atoms with E-state index >= 15 is 0 Å². The molecule has 2 N–H and O–H groups in total. The lowest BCUT2D eigenvalue weighted by Gasteiger charge is -2.18. The zero-order valence-electron chi connectivity index (χ0n) is 8.21. The van der Waals surface area contributed by atoms with Crippen LogP contribution in [-0.4, -0.2) is 24.3 Å². The fourth-order valence-electron chi connectivity index (χ4n) is 1.89. The molecule has 2 unspecified atom stereocenters. The largest absolute Gasteiger partial charge is 0.396 e. The third-order valence-electron chi connectivity index (χ3n) is 2.78. The first-order valence-electron chi connectivity index (χ1n) is 5.08. The van der Waals surface area contributed by atoms with Crippen molar-refractivity contribution in [1.82, 2.24) is 5.32 Å². The lowest BCUT2D eigenvalue weighted by Crippen LogP contribution is -2.28. The summed E-state index contributed by atoms with van der Waals surface area (Å²) >= 11 is 0. The Hall–Kier alpha value is -0.0800. The van der Waals surface area contributed by atoms with Crippen molar-refractivity contribution in [2.24, 2.45) is 11.8 Å². The molecule has 0 aliphatic carbocycles. The molecule has 0 radical (unpaired) electrons. The fourth-order valence-corrected chi connectivity index (χ4v) is 1.89. The van der Waals surface area contributed by atoms with E-state index in [0.29, 0.717) is 18.6 Å². The number of nitrogens with one attached hydrogen (secondary N) is 1. The predicted molar refractivity (Wildman–Crippen MR) is 51.1 cm³/mol. The molecule has 2 atom stereocenters. The van der Waals surface area contributed by atoms with E-state index in [0.717, 1.165) is 18.9 Å². The molecule has 0 amide bonds. The van der Waals surface area contributed by atoms with Gasteiger partial charge in [-0.05, 0) is 37.6 Å². The molecular formula is C10H21NO. The lowest BCUT2D eigenvalue weighted by molar-refractivity contribution is 0.207. The van der Waals surface area contributed by atoms with E-state index in [4.69, 9.17) is 5.11 Å². The highest BCUT2D eigenvalue weighted by Crippen LogP contribution is 2.20. The Morgan fingerprint density at radius 2 is 2.25 bits per heavy atom. The summed E-state index contributed by atoms with van der Waals surface area (Å²) in [6, 6.07) is 0.581. The number of hydrogen-bond donors (Lipinski definition) is 2. The zero-order chi connectivity index (χ0) is 8.97. The molecule has 0 spiro atoms. The average Bonchev–Trinajstić information content (AvgIpc) is 2.47. The van der Waals surface area contributed by atoms with Crippen molar-refractivity contribution in [1.29, 1.82) is 0 Å². The maximum absolute atomic E-state index is 9.06. The number of aliphatic hydroxyl groups excluding tert-OH is 1. The van der Waals surface area contributed by atoms with Crippen LogP contribution in [0.25, 0.3) is 0 Å². The SMILES string of the molecule is CC(C)CCC1NCCC1CO. The summed E-state index contributed by atoms with van der Waals surface area (Å²) in [7, 11) is 0. The smallest absolute Gasteiger partial charge is 0.0474 e. The van der Waals surface area contributed by atoms with Crippen LogP contribution in [0, 0.1) is 11.8 Å². The molecule has 72 valence electrons. The van der Waals surface area contributed by atoms with E-state index < -0.39 is 0 Å². The molecule has 0 aromatic heterocycles. The van der Waals surface area contributed by atoms with Crippen LogP contribution in [0.4, 0.5) is 0 Å². The van der Waals surface area contributed by atoms with Crippen molar-refractivity contribution in [2.75, 3.05) is 13.2 Å². The van der Waals surface area contributed by atoms with Crippen LogP contribution in [0.1, 0.15) is 33.1 Å². The third-order valence-corrected chi connectivity index (χ3v) is 2.78. The highest BCUT2D eigenvalue weighted by molar-refractivity contribution is 4.83. The monoisotopic (exact) mass is 171 g/mol. The summed E-state index contributed by atoms with van der Waals surface area (Å²) in [6.07, 6.45) is 3.65. The van der Waals surface area contributed by atoms with Gasteiger partial charge >= 0.3 is 0 Å². The van der Waals surface area contributed by atoms with Gasteiger partial charge in [0, 0.05) is 12.6 Å². The topological polar surface area (TPSA) is 32.3 Å². The van der Waals surface area contributed by atoms with Gasteiger partial charge in [-0.25, -0.2) is 0 Å². The van der Waals surface area contributed by atoms with Gasteiger partial charge in [-0.1, -0.05) is 13.8 Å². The van der Waals surface area contributed by atoms with Crippen LogP contribution in [0.2, 0.25) is 0 Å². The Kier molecular flexibility index (Phi) is 4.02. The van der Waals surface area contributed by atoms with Gasteiger partial charge in [-0.3, -0.25) is 0 Å². The van der Waals surface area contributed by atoms with Crippen molar-refractivity contribution in [3.63, 3.8) is 0 Å². The number of aliphatic hydroxyl groups is 1. The van der Waals surface area contributed by atoms with Gasteiger partial charge in [0.05, 0.1) is 0 Å². The summed E-state index contributed by atoms with van der Waals surface area (Å²) in [5.41, 5.74) is 0. The van der Waals surface area contributed by atoms with Gasteiger partial charge < -0.3 is 10.4 Å². The molecular weight excluding hydrogens is 150 g/mol. The molecule has 0 saturated carbocycles. The van der Waals surface area contributed by atoms with E-state index in [1.807, 2.05) is 0 Å². The van der Waals surface area contributed by atoms with Crippen LogP contribution >= 0.6 is 0 Å². The first kappa shape index (κ1) is 10.0. The molecule has 1 fully saturated rings. The standard InChI is InChI=1S/C10H21NO/c1-8(2)3-4-10-9(7-12)5-6-11-10/h8-12H,3-7H2,1-2H3. The van der Waals surface area contributed by atoms with Gasteiger partial charge in [-0.15, -0.1) is 0 Å². The van der Waals surface area contributed by atoms with Crippen LogP contribution in [-0.2, 0) is 0 Å². The van der Waals surface area contributed by atoms with Crippen LogP contribution < -0.4 is 5.32 Å². The number of hydrogen-bond acceptors (Lipinski definition) is 2. The molecule has 0 bridgehead atoms. The molecule has 1 rings (SSSR count). The Morgan fingerprint density at radius 3 is 2.83 bits per heavy atom. The molecule has 2 heteroatoms. The van der Waals surface area contributed by atoms with Crippen LogP contribution in [0.15, 0.2) is 0 Å². The van der Waals surface area contributed by atoms with Gasteiger partial charge in [0.2, 0.25) is 0 Å². The van der Waals surface area contributed by atoms with E-state index in [2.05, 4.69) is 19.2 Å². The predicted octanol–water partition coefficient (Wildman–Crippen LogP) is 1.39. The van der Waals surface area contributed by atoms with Crippen molar-refractivity contribution in [3.8, 4) is 0 Å². The summed E-state index contributed by atoms with van der Waals surface area (Å²) in [5.74, 6) is 1.30. The summed E-state index contributed by atoms with van der Waals surface area (Å²) in [6.45, 7) is 5.95. The maximum atomic E-state index is 9.06. The second-order valence-corrected chi connectivity index (χ2v) is 4.26. The summed E-state index contributed by atoms with van der Waals surface area (Å²) in [5, 5.41) is 12.5. The summed E-state index contributed by atoms with van der Waals surface area (Å²) in [4.78, 5) is 0. The lowest BCUT2D eigenvalue weighted by atomic mass is 9.95. The van der Waals surface area contributed by atoms with Crippen LogP contribution in [0.3, 0.4) is 0 Å². The normalized spacial score (nSPS) is 30.0. The molecule has 2 nitrogen and oxygen atoms in total. The Bertz CT molecular complexity index is 125. The highest BCUT2D eigenvalue weighted by atomic mass is 16.3. The van der Waals surface area contributed by atoms with E-state index in [-0.39, 0.29) is 0 Å². The second kappa shape index (κ2) is 4.83. The van der Waals surface area contributed by atoms with Crippen molar-refractivity contribution >= 4 is 0 Å². The molecule has 0 aromatic rings. The van der Waals surface area contributed by atoms with Crippen molar-refractivity contribution in [3.05, 3.63) is 0 Å². The van der Waals surface area contributed by atoms with E-state index in [1.165, 1.54) is 12.8 Å². The molecule has 1 aliphatic heterocycles. The maximum Gasteiger partial charge on any atom is 0.0474 e. The van der Waals surface area contributed by atoms with Gasteiger partial charge in [-0.2, -0.15) is 0 Å². The first-order chi connectivity index (χ1) is 5.74. The second-order valence-electron chi connectivity index (χ2n) is 4.26. The summed E-state index contributed by atoms with van der Waals surface area (Å²) < 4.78 is 0. The Morgan fingerprint density at radius 1 is 1.50 bits per heavy atom. The molecule has 1 aliphatic rings. The Balaban J connectivity index is 2.21. The number of rotatable bonds is 4. The minimum Gasteiger partial charge on any atom is -0.396 e. The Labute approximate surface area is 75.4 Å². The highest BCUT2D eigenvalue weighted by Gasteiger charge is 2.25. The van der Waals surface area contributed by atoms with Crippen molar-refractivity contribution < 1.29 is 5.11 Å². The van der Waals surface area contributed by atoms with E-state index in [9.17, 15) is 0 Å². The van der Waals surface area contributed by atoms with Gasteiger partial charge in [0.25, 0.3) is 0 Å². The molecule has 12 heavy (non-hydrogen) atoms. The third kappa shape index (κ3) is 2.76. The van der Waals surface area contributed by atoms with E-state index in [1.54, 1.807) is 0 Å². The fraction of sp³-hybridized carbons (Fsp3) is 1.00. The minimum atomic E-state index is 0.357. The molecule has 1 heterocycles.